The number of rotatable bonds is 10. The highest BCUT2D eigenvalue weighted by Crippen LogP contribution is 2.19. The van der Waals surface area contributed by atoms with Crippen molar-refractivity contribution in [1.29, 1.82) is 0 Å². The van der Waals surface area contributed by atoms with Crippen LogP contribution in [-0.4, -0.2) is 50.0 Å². The highest BCUT2D eigenvalue weighted by atomic mass is 35.5. The second kappa shape index (κ2) is 11.3. The molecule has 0 saturated heterocycles. The van der Waals surface area contributed by atoms with Crippen molar-refractivity contribution < 1.29 is 18.0 Å². The SMILES string of the molecule is CCC(C)NC(=O)C(C)N(Cc1ccc(Cl)cc1)C(=O)CN(c1ccccc1)S(C)(=O)=O. The molecule has 0 heterocycles. The van der Waals surface area contributed by atoms with Crippen LogP contribution >= 0.6 is 11.6 Å². The Hall–Kier alpha value is -2.58. The number of hydrogen-bond donors (Lipinski definition) is 1. The van der Waals surface area contributed by atoms with E-state index in [4.69, 9.17) is 11.6 Å². The van der Waals surface area contributed by atoms with E-state index in [0.717, 1.165) is 22.5 Å². The van der Waals surface area contributed by atoms with Crippen molar-refractivity contribution >= 4 is 39.1 Å². The van der Waals surface area contributed by atoms with Crippen LogP contribution in [0.15, 0.2) is 54.6 Å². The topological polar surface area (TPSA) is 86.8 Å². The summed E-state index contributed by atoms with van der Waals surface area (Å²) >= 11 is 5.97. The average Bonchev–Trinajstić information content (AvgIpc) is 2.76. The summed E-state index contributed by atoms with van der Waals surface area (Å²) in [6, 6.07) is 14.5. The van der Waals surface area contributed by atoms with Crippen molar-refractivity contribution in [2.45, 2.75) is 45.8 Å². The molecule has 174 valence electrons. The lowest BCUT2D eigenvalue weighted by Gasteiger charge is -2.32. The normalized spacial score (nSPS) is 13.2. The Labute approximate surface area is 195 Å². The van der Waals surface area contributed by atoms with Crippen LogP contribution in [0.25, 0.3) is 0 Å². The molecule has 0 spiro atoms. The number of nitrogens with one attached hydrogen (secondary N) is 1. The van der Waals surface area contributed by atoms with Gasteiger partial charge in [0.15, 0.2) is 0 Å². The van der Waals surface area contributed by atoms with E-state index in [-0.39, 0.29) is 18.5 Å². The van der Waals surface area contributed by atoms with Gasteiger partial charge in [0.25, 0.3) is 0 Å². The van der Waals surface area contributed by atoms with Crippen molar-refractivity contribution in [3.63, 3.8) is 0 Å². The van der Waals surface area contributed by atoms with E-state index in [0.29, 0.717) is 10.7 Å². The summed E-state index contributed by atoms with van der Waals surface area (Å²) < 4.78 is 25.9. The van der Waals surface area contributed by atoms with E-state index < -0.39 is 28.5 Å². The number of para-hydroxylation sites is 1. The van der Waals surface area contributed by atoms with Gasteiger partial charge in [-0.1, -0.05) is 48.9 Å². The molecule has 2 aromatic carbocycles. The van der Waals surface area contributed by atoms with E-state index >= 15 is 0 Å². The molecule has 0 aromatic heterocycles. The van der Waals surface area contributed by atoms with Crippen molar-refractivity contribution in [2.24, 2.45) is 0 Å². The number of nitrogens with zero attached hydrogens (tertiary/aromatic N) is 2. The summed E-state index contributed by atoms with van der Waals surface area (Å²) in [5.74, 6) is -0.784. The van der Waals surface area contributed by atoms with Gasteiger partial charge in [0.05, 0.1) is 11.9 Å². The van der Waals surface area contributed by atoms with Gasteiger partial charge in [0, 0.05) is 17.6 Å². The molecule has 2 atom stereocenters. The molecule has 1 N–H and O–H groups in total. The Bertz CT molecular complexity index is 1010. The monoisotopic (exact) mass is 479 g/mol. The largest absolute Gasteiger partial charge is 0.352 e. The minimum absolute atomic E-state index is 0.0470. The predicted octanol–water partition coefficient (Wildman–Crippen LogP) is 3.44. The Morgan fingerprint density at radius 2 is 1.62 bits per heavy atom. The maximum absolute atomic E-state index is 13.4. The Morgan fingerprint density at radius 3 is 2.16 bits per heavy atom. The lowest BCUT2D eigenvalue weighted by atomic mass is 10.1. The quantitative estimate of drug-likeness (QED) is 0.565. The molecule has 0 aliphatic heterocycles. The highest BCUT2D eigenvalue weighted by molar-refractivity contribution is 7.92. The smallest absolute Gasteiger partial charge is 0.244 e. The van der Waals surface area contributed by atoms with Gasteiger partial charge < -0.3 is 10.2 Å². The fraction of sp³-hybridized carbons (Fsp3) is 0.391. The van der Waals surface area contributed by atoms with E-state index in [1.165, 1.54) is 4.90 Å². The van der Waals surface area contributed by atoms with Crippen LogP contribution in [-0.2, 0) is 26.2 Å². The zero-order valence-corrected chi connectivity index (χ0v) is 20.4. The summed E-state index contributed by atoms with van der Waals surface area (Å²) in [5.41, 5.74) is 1.16. The van der Waals surface area contributed by atoms with Gasteiger partial charge in [-0.2, -0.15) is 0 Å². The van der Waals surface area contributed by atoms with Gasteiger partial charge in [-0.25, -0.2) is 8.42 Å². The number of anilines is 1. The summed E-state index contributed by atoms with van der Waals surface area (Å²) in [5, 5.41) is 3.45. The highest BCUT2D eigenvalue weighted by Gasteiger charge is 2.30. The standard InChI is InChI=1S/C23H30ClN3O4S/c1-5-17(2)25-23(29)18(3)26(15-19-11-13-20(24)14-12-19)22(28)16-27(32(4,30)31)21-9-7-6-8-10-21/h6-14,17-18H,5,15-16H2,1-4H3,(H,25,29). The van der Waals surface area contributed by atoms with E-state index in [2.05, 4.69) is 5.32 Å². The molecule has 32 heavy (non-hydrogen) atoms. The molecule has 0 aliphatic rings. The zero-order chi connectivity index (χ0) is 23.9. The molecule has 2 aromatic rings. The number of hydrogen-bond acceptors (Lipinski definition) is 4. The first-order valence-corrected chi connectivity index (χ1v) is 12.6. The zero-order valence-electron chi connectivity index (χ0n) is 18.8. The molecule has 7 nitrogen and oxygen atoms in total. The lowest BCUT2D eigenvalue weighted by Crippen LogP contribution is -2.52. The van der Waals surface area contributed by atoms with Gasteiger partial charge in [-0.15, -0.1) is 0 Å². The molecule has 9 heteroatoms. The van der Waals surface area contributed by atoms with Crippen LogP contribution in [0, 0.1) is 0 Å². The van der Waals surface area contributed by atoms with Crippen molar-refractivity contribution in [2.75, 3.05) is 17.1 Å². The number of amides is 2. The van der Waals surface area contributed by atoms with Crippen LogP contribution in [0.3, 0.4) is 0 Å². The van der Waals surface area contributed by atoms with E-state index in [9.17, 15) is 18.0 Å². The molecule has 2 rings (SSSR count). The third-order valence-electron chi connectivity index (χ3n) is 5.16. The van der Waals surface area contributed by atoms with Crippen molar-refractivity contribution in [3.8, 4) is 0 Å². The lowest BCUT2D eigenvalue weighted by molar-refractivity contribution is -0.139. The molecule has 0 fully saturated rings. The minimum Gasteiger partial charge on any atom is -0.352 e. The Balaban J connectivity index is 2.34. The third-order valence-corrected chi connectivity index (χ3v) is 6.55. The molecular formula is C23H30ClN3O4S. The van der Waals surface area contributed by atoms with E-state index in [1.807, 2.05) is 13.8 Å². The first kappa shape index (κ1) is 25.7. The summed E-state index contributed by atoms with van der Waals surface area (Å²) in [4.78, 5) is 27.5. The van der Waals surface area contributed by atoms with E-state index in [1.54, 1.807) is 61.5 Å². The predicted molar refractivity (Wildman–Crippen MR) is 128 cm³/mol. The number of carbonyl (C=O) groups excluding carboxylic acids is 2. The first-order valence-electron chi connectivity index (χ1n) is 10.4. The Kier molecular flexibility index (Phi) is 9.09. The number of halogens is 1. The minimum atomic E-state index is -3.73. The van der Waals surface area contributed by atoms with Gasteiger partial charge >= 0.3 is 0 Å². The van der Waals surface area contributed by atoms with Gasteiger partial charge in [0.1, 0.15) is 12.6 Å². The second-order valence-electron chi connectivity index (χ2n) is 7.75. The molecule has 0 aliphatic carbocycles. The van der Waals surface area contributed by atoms with Crippen LogP contribution in [0.4, 0.5) is 5.69 Å². The van der Waals surface area contributed by atoms with Gasteiger partial charge in [-0.05, 0) is 50.1 Å². The van der Waals surface area contributed by atoms with Crippen LogP contribution in [0.1, 0.15) is 32.8 Å². The average molecular weight is 480 g/mol. The second-order valence-corrected chi connectivity index (χ2v) is 10.1. The first-order chi connectivity index (χ1) is 15.0. The molecule has 0 bridgehead atoms. The molecule has 2 amide bonds. The van der Waals surface area contributed by atoms with Gasteiger partial charge in [0.2, 0.25) is 21.8 Å². The summed E-state index contributed by atoms with van der Waals surface area (Å²) in [6.45, 7) is 5.20. The van der Waals surface area contributed by atoms with Gasteiger partial charge in [-0.3, -0.25) is 13.9 Å². The maximum atomic E-state index is 13.4. The maximum Gasteiger partial charge on any atom is 0.244 e. The fourth-order valence-corrected chi connectivity index (χ4v) is 4.02. The number of carbonyl (C=O) groups is 2. The summed E-state index contributed by atoms with van der Waals surface area (Å²) in [7, 11) is -3.73. The molecular weight excluding hydrogens is 450 g/mol. The number of sulfonamides is 1. The van der Waals surface area contributed by atoms with Crippen LogP contribution < -0.4 is 9.62 Å². The van der Waals surface area contributed by atoms with Crippen molar-refractivity contribution in [1.82, 2.24) is 10.2 Å². The Morgan fingerprint density at radius 1 is 1.03 bits per heavy atom. The number of benzene rings is 2. The fourth-order valence-electron chi connectivity index (χ4n) is 3.04. The summed E-state index contributed by atoms with van der Waals surface area (Å²) in [6.07, 6.45) is 1.80. The molecule has 0 saturated carbocycles. The molecule has 2 unspecified atom stereocenters. The van der Waals surface area contributed by atoms with Crippen molar-refractivity contribution in [3.05, 3.63) is 65.2 Å². The van der Waals surface area contributed by atoms with Crippen LogP contribution in [0.5, 0.6) is 0 Å². The van der Waals surface area contributed by atoms with Crippen LogP contribution in [0.2, 0.25) is 5.02 Å². The molecule has 0 radical (unpaired) electrons. The third kappa shape index (κ3) is 7.24.